The van der Waals surface area contributed by atoms with E-state index >= 15 is 0 Å². The molecule has 1 aromatic carbocycles. The van der Waals surface area contributed by atoms with Crippen molar-refractivity contribution < 1.29 is 22.7 Å². The number of carbonyl (C=O) groups is 1. The van der Waals surface area contributed by atoms with Crippen molar-refractivity contribution in [1.29, 1.82) is 0 Å². The van der Waals surface area contributed by atoms with Crippen molar-refractivity contribution in [1.82, 2.24) is 9.88 Å². The van der Waals surface area contributed by atoms with Crippen LogP contribution in [0.5, 0.6) is 5.88 Å². The van der Waals surface area contributed by atoms with Gasteiger partial charge in [-0.15, -0.1) is 0 Å². The predicted molar refractivity (Wildman–Crippen MR) is 128 cm³/mol. The Bertz CT molecular complexity index is 1150. The first-order chi connectivity index (χ1) is 16.7. The molecule has 2 aliphatic heterocycles. The number of piperidine rings is 2. The molecule has 0 spiro atoms. The number of amidine groups is 1. The molecule has 3 fully saturated rings. The first kappa shape index (κ1) is 24.6. The summed E-state index contributed by atoms with van der Waals surface area (Å²) in [4.78, 5) is 27.9. The van der Waals surface area contributed by atoms with Gasteiger partial charge in [-0.2, -0.15) is 13.2 Å². The molecule has 1 aromatic heterocycles. The van der Waals surface area contributed by atoms with E-state index in [2.05, 4.69) is 21.7 Å². The van der Waals surface area contributed by atoms with E-state index in [0.717, 1.165) is 37.1 Å². The van der Waals surface area contributed by atoms with E-state index in [-0.39, 0.29) is 30.5 Å². The second-order valence-electron chi connectivity index (χ2n) is 8.93. The first-order valence-electron chi connectivity index (χ1n) is 11.5. The third-order valence-corrected chi connectivity index (χ3v) is 6.47. The molecule has 9 heteroatoms. The summed E-state index contributed by atoms with van der Waals surface area (Å²) in [5, 5.41) is 0. The summed E-state index contributed by atoms with van der Waals surface area (Å²) < 4.78 is 44.2. The lowest BCUT2D eigenvalue weighted by Crippen LogP contribution is -2.60. The summed E-state index contributed by atoms with van der Waals surface area (Å²) in [7, 11) is 0. The molecule has 1 atom stereocenters. The highest BCUT2D eigenvalue weighted by Crippen LogP contribution is 2.43. The van der Waals surface area contributed by atoms with Crippen molar-refractivity contribution >= 4 is 18.5 Å². The second kappa shape index (κ2) is 10.0. The third kappa shape index (κ3) is 5.28. The number of rotatable bonds is 6. The fourth-order valence-electron chi connectivity index (χ4n) is 4.72. The smallest absolute Gasteiger partial charge is 0.417 e. The van der Waals surface area contributed by atoms with Crippen LogP contribution in [0.3, 0.4) is 0 Å². The summed E-state index contributed by atoms with van der Waals surface area (Å²) in [6.07, 6.45) is 2.29. The monoisotopic (exact) mass is 484 g/mol. The Hall–Kier alpha value is -3.49. The van der Waals surface area contributed by atoms with Crippen molar-refractivity contribution in [2.45, 2.75) is 51.4 Å². The number of pyridine rings is 1. The molecule has 1 aliphatic carbocycles. The van der Waals surface area contributed by atoms with Gasteiger partial charge in [0.05, 0.1) is 17.2 Å². The Morgan fingerprint density at radius 2 is 2.00 bits per heavy atom. The maximum atomic E-state index is 13.9. The standard InChI is InChI=1S/C26H27F3N4O2/c1-4-9-31-24(30-3)21-7-5-16(2)10-22(21)25(34)33-19-11-17(12-19)13-20(33)15-35-23-8-6-18(14-32-23)26(27,28)29/h4-10,14,17,19-20H,3,11-13,15H2,1-2H3/b9-4-,31-24?. The number of nitrogens with zero attached hydrogens (tertiary/aromatic N) is 4. The number of aryl methyl sites for hydroxylation is 1. The molecule has 1 saturated carbocycles. The zero-order valence-corrected chi connectivity index (χ0v) is 19.6. The number of benzene rings is 1. The molecule has 35 heavy (non-hydrogen) atoms. The molecule has 1 unspecified atom stereocenters. The quantitative estimate of drug-likeness (QED) is 0.404. The van der Waals surface area contributed by atoms with Gasteiger partial charge in [0.25, 0.3) is 5.91 Å². The molecule has 0 radical (unpaired) electrons. The van der Waals surface area contributed by atoms with Gasteiger partial charge in [0.2, 0.25) is 5.88 Å². The fraction of sp³-hybridized carbons (Fsp3) is 0.385. The third-order valence-electron chi connectivity index (χ3n) is 6.47. The van der Waals surface area contributed by atoms with E-state index in [0.29, 0.717) is 22.9 Å². The minimum absolute atomic E-state index is 0.0939. The van der Waals surface area contributed by atoms with Crippen LogP contribution >= 0.6 is 0 Å². The number of hydrogen-bond donors (Lipinski definition) is 0. The normalized spacial score (nSPS) is 22.1. The number of ether oxygens (including phenoxy) is 1. The number of aromatic nitrogens is 1. The highest BCUT2D eigenvalue weighted by molar-refractivity contribution is 6.11. The second-order valence-corrected chi connectivity index (χ2v) is 8.93. The van der Waals surface area contributed by atoms with Crippen LogP contribution in [0.2, 0.25) is 0 Å². The van der Waals surface area contributed by atoms with E-state index in [1.807, 2.05) is 36.9 Å². The topological polar surface area (TPSA) is 67.2 Å². The highest BCUT2D eigenvalue weighted by Gasteiger charge is 2.47. The van der Waals surface area contributed by atoms with Gasteiger partial charge < -0.3 is 9.64 Å². The average molecular weight is 485 g/mol. The predicted octanol–water partition coefficient (Wildman–Crippen LogP) is 5.46. The van der Waals surface area contributed by atoms with Crippen molar-refractivity contribution in [3.05, 3.63) is 71.1 Å². The van der Waals surface area contributed by atoms with Gasteiger partial charge in [0.1, 0.15) is 6.61 Å². The Kier molecular flexibility index (Phi) is 7.05. The zero-order valence-electron chi connectivity index (χ0n) is 19.6. The van der Waals surface area contributed by atoms with Gasteiger partial charge >= 0.3 is 6.18 Å². The molecule has 2 saturated heterocycles. The number of carbonyl (C=O) groups excluding carboxylic acids is 1. The van der Waals surface area contributed by atoms with Crippen molar-refractivity contribution in [3.8, 4) is 5.88 Å². The lowest BCUT2D eigenvalue weighted by molar-refractivity contribution is -0.137. The molecule has 5 rings (SSSR count). The molecule has 1 amide bonds. The number of amides is 1. The van der Waals surface area contributed by atoms with Crippen LogP contribution in [-0.2, 0) is 6.18 Å². The lowest BCUT2D eigenvalue weighted by Gasteiger charge is -2.53. The van der Waals surface area contributed by atoms with Crippen LogP contribution in [0.1, 0.15) is 53.2 Å². The molecule has 2 aromatic rings. The van der Waals surface area contributed by atoms with Crippen LogP contribution in [0.25, 0.3) is 0 Å². The number of halogens is 3. The summed E-state index contributed by atoms with van der Waals surface area (Å²) in [6.45, 7) is 7.51. The van der Waals surface area contributed by atoms with E-state index in [4.69, 9.17) is 4.74 Å². The minimum Gasteiger partial charge on any atom is -0.475 e. The van der Waals surface area contributed by atoms with Gasteiger partial charge in [-0.25, -0.2) is 15.0 Å². The molecule has 184 valence electrons. The van der Waals surface area contributed by atoms with Crippen LogP contribution in [-0.4, -0.2) is 47.0 Å². The summed E-state index contributed by atoms with van der Waals surface area (Å²) in [5.41, 5.74) is 1.18. The number of alkyl halides is 3. The van der Waals surface area contributed by atoms with Gasteiger partial charge in [-0.05, 0) is 57.9 Å². The van der Waals surface area contributed by atoms with Gasteiger partial charge in [-0.3, -0.25) is 4.79 Å². The van der Waals surface area contributed by atoms with Crippen LogP contribution in [0, 0.1) is 12.8 Å². The number of fused-ring (bicyclic) bond motifs is 2. The van der Waals surface area contributed by atoms with Gasteiger partial charge in [0.15, 0.2) is 5.84 Å². The van der Waals surface area contributed by atoms with Crippen LogP contribution in [0.4, 0.5) is 13.2 Å². The molecular formula is C26H27F3N4O2. The van der Waals surface area contributed by atoms with Crippen molar-refractivity contribution in [2.75, 3.05) is 6.61 Å². The maximum Gasteiger partial charge on any atom is 0.417 e. The highest BCUT2D eigenvalue weighted by atomic mass is 19.4. The number of aliphatic imine (C=N–C) groups is 2. The molecule has 0 N–H and O–H groups in total. The Labute approximate surface area is 202 Å². The largest absolute Gasteiger partial charge is 0.475 e. The minimum atomic E-state index is -4.46. The molecule has 6 nitrogen and oxygen atoms in total. The molecule has 3 aliphatic rings. The summed E-state index contributed by atoms with van der Waals surface area (Å²) in [5.74, 6) is 0.823. The van der Waals surface area contributed by atoms with E-state index < -0.39 is 11.7 Å². The SMILES string of the molecule is C=NC(=N/C=C\C)c1ccc(C)cc1C(=O)N1C(COc2ccc(C(F)(F)F)cn2)CC2CC1C2. The first-order valence-corrected chi connectivity index (χ1v) is 11.5. The van der Waals surface area contributed by atoms with E-state index in [1.54, 1.807) is 12.3 Å². The van der Waals surface area contributed by atoms with E-state index in [9.17, 15) is 18.0 Å². The Morgan fingerprint density at radius 3 is 2.63 bits per heavy atom. The van der Waals surface area contributed by atoms with Crippen molar-refractivity contribution in [3.63, 3.8) is 0 Å². The Morgan fingerprint density at radius 1 is 1.23 bits per heavy atom. The van der Waals surface area contributed by atoms with Gasteiger partial charge in [-0.1, -0.05) is 23.8 Å². The maximum absolute atomic E-state index is 13.9. The van der Waals surface area contributed by atoms with E-state index in [1.165, 1.54) is 6.07 Å². The van der Waals surface area contributed by atoms with Gasteiger partial charge in [0, 0.05) is 30.1 Å². The summed E-state index contributed by atoms with van der Waals surface area (Å²) in [6, 6.07) is 7.57. The molecular weight excluding hydrogens is 457 g/mol. The Balaban J connectivity index is 1.58. The fourth-order valence-corrected chi connectivity index (χ4v) is 4.72. The van der Waals surface area contributed by atoms with Crippen LogP contribution < -0.4 is 4.74 Å². The molecule has 2 bridgehead atoms. The average Bonchev–Trinajstić information content (AvgIpc) is 2.82. The van der Waals surface area contributed by atoms with Crippen molar-refractivity contribution in [2.24, 2.45) is 15.9 Å². The zero-order chi connectivity index (χ0) is 25.2. The summed E-state index contributed by atoms with van der Waals surface area (Å²) >= 11 is 0. The number of hydrogen-bond acceptors (Lipinski definition) is 4. The lowest BCUT2D eigenvalue weighted by atomic mass is 9.70. The molecule has 3 heterocycles. The van der Waals surface area contributed by atoms with Crippen LogP contribution in [0.15, 0.2) is 58.8 Å². The number of allylic oxidation sites excluding steroid dienone is 1.